The summed E-state index contributed by atoms with van der Waals surface area (Å²) in [7, 11) is 0. The highest BCUT2D eigenvalue weighted by atomic mass is 16.5. The summed E-state index contributed by atoms with van der Waals surface area (Å²) < 4.78 is 5.22. The van der Waals surface area contributed by atoms with E-state index < -0.39 is 11.9 Å². The number of carboxylic acids is 1. The second-order valence-electron chi connectivity index (χ2n) is 4.95. The van der Waals surface area contributed by atoms with E-state index in [1.807, 2.05) is 20.8 Å². The summed E-state index contributed by atoms with van der Waals surface area (Å²) in [6, 6.07) is -0.316. The molecule has 0 aromatic heterocycles. The van der Waals surface area contributed by atoms with Crippen LogP contribution in [-0.4, -0.2) is 47.7 Å². The van der Waals surface area contributed by atoms with Crippen molar-refractivity contribution in [3.8, 4) is 0 Å². The quantitative estimate of drug-likeness (QED) is 0.780. The first-order valence-corrected chi connectivity index (χ1v) is 6.61. The average Bonchev–Trinajstić information content (AvgIpc) is 2.79. The molecule has 1 aliphatic heterocycles. The first-order chi connectivity index (χ1) is 8.51. The van der Waals surface area contributed by atoms with E-state index in [9.17, 15) is 9.59 Å². The number of aliphatic carboxylic acids is 1. The molecule has 1 fully saturated rings. The first-order valence-electron chi connectivity index (χ1n) is 6.61. The van der Waals surface area contributed by atoms with Gasteiger partial charge in [-0.05, 0) is 12.8 Å². The lowest BCUT2D eigenvalue weighted by atomic mass is 9.99. The largest absolute Gasteiger partial charge is 0.481 e. The Kier molecular flexibility index (Phi) is 5.59. The van der Waals surface area contributed by atoms with Crippen LogP contribution in [-0.2, 0) is 14.3 Å². The Labute approximate surface area is 108 Å². The van der Waals surface area contributed by atoms with Crippen LogP contribution in [0.2, 0.25) is 0 Å². The van der Waals surface area contributed by atoms with Gasteiger partial charge in [0.2, 0.25) is 5.91 Å². The molecular formula is C13H23NO4. The summed E-state index contributed by atoms with van der Waals surface area (Å²) >= 11 is 0. The van der Waals surface area contributed by atoms with Crippen molar-refractivity contribution in [3.05, 3.63) is 0 Å². The molecule has 1 heterocycles. The van der Waals surface area contributed by atoms with Crippen LogP contribution in [0.15, 0.2) is 0 Å². The van der Waals surface area contributed by atoms with Crippen molar-refractivity contribution >= 4 is 11.9 Å². The molecule has 0 spiro atoms. The van der Waals surface area contributed by atoms with Crippen molar-refractivity contribution in [2.45, 2.75) is 39.7 Å². The van der Waals surface area contributed by atoms with Gasteiger partial charge in [-0.1, -0.05) is 20.3 Å². The number of amides is 1. The fourth-order valence-corrected chi connectivity index (χ4v) is 2.24. The van der Waals surface area contributed by atoms with Gasteiger partial charge in [0, 0.05) is 13.0 Å². The van der Waals surface area contributed by atoms with Crippen molar-refractivity contribution in [1.29, 1.82) is 0 Å². The van der Waals surface area contributed by atoms with E-state index in [1.54, 1.807) is 4.90 Å². The van der Waals surface area contributed by atoms with Crippen molar-refractivity contribution < 1.29 is 19.4 Å². The summed E-state index contributed by atoms with van der Waals surface area (Å²) in [5, 5.41) is 9.12. The van der Waals surface area contributed by atoms with Gasteiger partial charge in [-0.3, -0.25) is 9.59 Å². The number of rotatable bonds is 6. The van der Waals surface area contributed by atoms with Crippen LogP contribution in [0.4, 0.5) is 0 Å². The molecule has 1 N–H and O–H groups in total. The predicted octanol–water partition coefficient (Wildman–Crippen LogP) is 1.37. The zero-order valence-electron chi connectivity index (χ0n) is 11.4. The maximum absolute atomic E-state index is 12.2. The summed E-state index contributed by atoms with van der Waals surface area (Å²) in [6.07, 6.45) is 1.43. The smallest absolute Gasteiger partial charge is 0.311 e. The zero-order chi connectivity index (χ0) is 13.7. The van der Waals surface area contributed by atoms with E-state index in [1.165, 1.54) is 0 Å². The number of carbonyl (C=O) groups excluding carboxylic acids is 1. The van der Waals surface area contributed by atoms with Gasteiger partial charge < -0.3 is 14.7 Å². The van der Waals surface area contributed by atoms with Crippen LogP contribution in [0.3, 0.4) is 0 Å². The fraction of sp³-hybridized carbons (Fsp3) is 0.846. The van der Waals surface area contributed by atoms with Gasteiger partial charge in [0.1, 0.15) is 5.92 Å². The molecular weight excluding hydrogens is 234 g/mol. The molecule has 1 amide bonds. The van der Waals surface area contributed by atoms with E-state index in [0.717, 1.165) is 6.42 Å². The summed E-state index contributed by atoms with van der Waals surface area (Å²) in [5.41, 5.74) is 0. The molecule has 0 saturated carbocycles. The molecule has 0 aromatic rings. The summed E-state index contributed by atoms with van der Waals surface area (Å²) in [6.45, 7) is 7.03. The van der Waals surface area contributed by atoms with Gasteiger partial charge >= 0.3 is 5.97 Å². The predicted molar refractivity (Wildman–Crippen MR) is 67.2 cm³/mol. The normalized spacial score (nSPS) is 24.8. The van der Waals surface area contributed by atoms with Gasteiger partial charge in [-0.25, -0.2) is 0 Å². The highest BCUT2D eigenvalue weighted by molar-refractivity contribution is 5.78. The lowest BCUT2D eigenvalue weighted by Crippen LogP contribution is -2.46. The number of carboxylic acid groups (broad SMARTS) is 1. The number of ether oxygens (including phenoxy) is 1. The molecule has 1 rings (SSSR count). The van der Waals surface area contributed by atoms with Gasteiger partial charge in [-0.2, -0.15) is 0 Å². The van der Waals surface area contributed by atoms with Crippen LogP contribution in [0.1, 0.15) is 33.6 Å². The molecule has 3 unspecified atom stereocenters. The van der Waals surface area contributed by atoms with Gasteiger partial charge in [0.25, 0.3) is 0 Å². The zero-order valence-corrected chi connectivity index (χ0v) is 11.4. The Hall–Kier alpha value is -1.10. The van der Waals surface area contributed by atoms with Crippen LogP contribution in [0.5, 0.6) is 0 Å². The van der Waals surface area contributed by atoms with Gasteiger partial charge in [-0.15, -0.1) is 0 Å². The van der Waals surface area contributed by atoms with Crippen molar-refractivity contribution in [2.24, 2.45) is 11.8 Å². The summed E-state index contributed by atoms with van der Waals surface area (Å²) in [5.74, 6) is -1.11. The van der Waals surface area contributed by atoms with Crippen LogP contribution >= 0.6 is 0 Å². The third-order valence-corrected chi connectivity index (χ3v) is 3.65. The number of hydrogen-bond acceptors (Lipinski definition) is 3. The third-order valence-electron chi connectivity index (χ3n) is 3.65. The summed E-state index contributed by atoms with van der Waals surface area (Å²) in [4.78, 5) is 25.0. The molecule has 5 heteroatoms. The minimum atomic E-state index is -0.882. The van der Waals surface area contributed by atoms with E-state index in [-0.39, 0.29) is 18.6 Å². The molecule has 3 atom stereocenters. The van der Waals surface area contributed by atoms with Crippen LogP contribution in [0.25, 0.3) is 0 Å². The highest BCUT2D eigenvalue weighted by Crippen LogP contribution is 2.22. The van der Waals surface area contributed by atoms with Crippen LogP contribution in [0, 0.1) is 11.8 Å². The number of nitrogens with zero attached hydrogens (tertiary/aromatic N) is 1. The van der Waals surface area contributed by atoms with E-state index in [2.05, 4.69) is 0 Å². The highest BCUT2D eigenvalue weighted by Gasteiger charge is 2.39. The van der Waals surface area contributed by atoms with Gasteiger partial charge in [0.05, 0.1) is 19.3 Å². The fourth-order valence-electron chi connectivity index (χ4n) is 2.24. The van der Waals surface area contributed by atoms with Crippen molar-refractivity contribution in [3.63, 3.8) is 0 Å². The molecule has 1 aliphatic rings. The number of likely N-dealkylation sites (N-methyl/N-ethyl adjacent to an activating group) is 1. The Morgan fingerprint density at radius 1 is 1.39 bits per heavy atom. The van der Waals surface area contributed by atoms with Crippen LogP contribution < -0.4 is 0 Å². The lowest BCUT2D eigenvalue weighted by molar-refractivity contribution is -0.145. The Morgan fingerprint density at radius 2 is 2.06 bits per heavy atom. The second-order valence-corrected chi connectivity index (χ2v) is 4.95. The average molecular weight is 257 g/mol. The standard InChI is InChI=1S/C13H23NO4/c1-4-9(3)6-12(15)14(5-2)11-8-18-7-10(11)13(16)17/h9-11H,4-8H2,1-3H3,(H,16,17). The maximum Gasteiger partial charge on any atom is 0.311 e. The minimum absolute atomic E-state index is 0.0357. The molecule has 1 saturated heterocycles. The van der Waals surface area contributed by atoms with Crippen molar-refractivity contribution in [1.82, 2.24) is 4.90 Å². The molecule has 104 valence electrons. The van der Waals surface area contributed by atoms with E-state index in [4.69, 9.17) is 9.84 Å². The number of carbonyl (C=O) groups is 2. The maximum atomic E-state index is 12.2. The molecule has 0 aliphatic carbocycles. The van der Waals surface area contributed by atoms with Gasteiger partial charge in [0.15, 0.2) is 0 Å². The van der Waals surface area contributed by atoms with E-state index in [0.29, 0.717) is 25.5 Å². The Morgan fingerprint density at radius 3 is 2.56 bits per heavy atom. The molecule has 0 aromatic carbocycles. The SMILES string of the molecule is CCC(C)CC(=O)N(CC)C1COCC1C(=O)O. The topological polar surface area (TPSA) is 66.8 Å². The lowest BCUT2D eigenvalue weighted by Gasteiger charge is -2.30. The first kappa shape index (κ1) is 15.0. The molecule has 18 heavy (non-hydrogen) atoms. The van der Waals surface area contributed by atoms with E-state index >= 15 is 0 Å². The Bertz CT molecular complexity index is 305. The molecule has 0 radical (unpaired) electrons. The third kappa shape index (κ3) is 3.45. The number of hydrogen-bond donors (Lipinski definition) is 1. The molecule has 0 bridgehead atoms. The monoisotopic (exact) mass is 257 g/mol. The minimum Gasteiger partial charge on any atom is -0.481 e. The van der Waals surface area contributed by atoms with Crippen molar-refractivity contribution in [2.75, 3.05) is 19.8 Å². The Balaban J connectivity index is 2.70. The molecule has 5 nitrogen and oxygen atoms in total. The second kappa shape index (κ2) is 6.73.